The third-order valence-corrected chi connectivity index (χ3v) is 7.13. The van der Waals surface area contributed by atoms with Gasteiger partial charge in [0.2, 0.25) is 0 Å². The van der Waals surface area contributed by atoms with E-state index in [1.807, 2.05) is 0 Å². The summed E-state index contributed by atoms with van der Waals surface area (Å²) in [5.41, 5.74) is 0.362. The predicted octanol–water partition coefficient (Wildman–Crippen LogP) is 7.98. The molecule has 4 unspecified atom stereocenters. The first-order valence-electron chi connectivity index (χ1n) is 11.7. The second-order valence-corrected chi connectivity index (χ2v) is 9.26. The Hall–Kier alpha value is -2.81. The van der Waals surface area contributed by atoms with Crippen LogP contribution in [0.1, 0.15) is 68.1 Å². The van der Waals surface area contributed by atoms with Gasteiger partial charge >= 0.3 is 6.61 Å². The molecule has 4 rings (SSSR count). The van der Waals surface area contributed by atoms with E-state index in [9.17, 15) is 22.0 Å². The van der Waals surface area contributed by atoms with Crippen molar-refractivity contribution in [2.75, 3.05) is 0 Å². The van der Waals surface area contributed by atoms with E-state index in [4.69, 9.17) is 0 Å². The summed E-state index contributed by atoms with van der Waals surface area (Å²) in [6, 6.07) is 5.87. The number of fused-ring (bicyclic) bond motifs is 1. The molecule has 180 valence electrons. The summed E-state index contributed by atoms with van der Waals surface area (Å²) in [4.78, 5) is 0. The van der Waals surface area contributed by atoms with Gasteiger partial charge in [0, 0.05) is 5.56 Å². The van der Waals surface area contributed by atoms with Crippen LogP contribution in [0.15, 0.2) is 42.5 Å². The Labute approximate surface area is 197 Å². The standard InChI is InChI=1S/C28H27F5O/c1-2-3-17-4-7-20-14-21(9-8-19(20)12-17)22-15-24(29)23(25(30)16-22)10-5-18-6-11-27(26(31)13-18)34-28(32)33/h2-3,6,11,13,15-17,19-21,28H,4,7-9,12,14H2,1H3/b3-2+. The Bertz CT molecular complexity index is 1090. The van der Waals surface area contributed by atoms with Gasteiger partial charge in [-0.1, -0.05) is 24.0 Å². The van der Waals surface area contributed by atoms with Crippen LogP contribution in [-0.4, -0.2) is 6.61 Å². The van der Waals surface area contributed by atoms with Gasteiger partial charge < -0.3 is 4.74 Å². The molecule has 0 aliphatic heterocycles. The molecule has 2 aliphatic carbocycles. The van der Waals surface area contributed by atoms with E-state index in [-0.39, 0.29) is 11.5 Å². The Kier molecular flexibility index (Phi) is 7.60. The molecule has 0 heterocycles. The monoisotopic (exact) mass is 474 g/mol. The Morgan fingerprint density at radius 1 is 0.882 bits per heavy atom. The summed E-state index contributed by atoms with van der Waals surface area (Å²) in [6.45, 7) is -1.10. The average molecular weight is 475 g/mol. The molecule has 2 fully saturated rings. The highest BCUT2D eigenvalue weighted by atomic mass is 19.3. The summed E-state index contributed by atoms with van der Waals surface area (Å²) >= 11 is 0. The molecule has 2 aliphatic rings. The quantitative estimate of drug-likeness (QED) is 0.248. The second-order valence-electron chi connectivity index (χ2n) is 9.26. The van der Waals surface area contributed by atoms with Gasteiger partial charge in [0.15, 0.2) is 11.6 Å². The third-order valence-electron chi connectivity index (χ3n) is 7.13. The molecule has 0 amide bonds. The van der Waals surface area contributed by atoms with Crippen molar-refractivity contribution >= 4 is 0 Å². The fourth-order valence-corrected chi connectivity index (χ4v) is 5.53. The number of halogens is 5. The van der Waals surface area contributed by atoms with Crippen LogP contribution in [0.25, 0.3) is 0 Å². The minimum Gasteiger partial charge on any atom is -0.432 e. The number of hydrogen-bond donors (Lipinski definition) is 0. The summed E-state index contributed by atoms with van der Waals surface area (Å²) in [5, 5.41) is 0. The molecule has 0 spiro atoms. The molecule has 0 aromatic heterocycles. The normalized spacial score (nSPS) is 24.6. The zero-order valence-electron chi connectivity index (χ0n) is 19.0. The molecule has 0 saturated heterocycles. The van der Waals surface area contributed by atoms with E-state index in [0.717, 1.165) is 37.8 Å². The molecule has 2 aromatic carbocycles. The van der Waals surface area contributed by atoms with Crippen LogP contribution in [-0.2, 0) is 0 Å². The topological polar surface area (TPSA) is 9.23 Å². The van der Waals surface area contributed by atoms with Crippen molar-refractivity contribution in [3.05, 3.63) is 76.6 Å². The lowest BCUT2D eigenvalue weighted by atomic mass is 9.64. The van der Waals surface area contributed by atoms with E-state index in [1.54, 1.807) is 0 Å². The van der Waals surface area contributed by atoms with Gasteiger partial charge in [-0.05, 0) is 105 Å². The Balaban J connectivity index is 1.47. The van der Waals surface area contributed by atoms with Gasteiger partial charge in [-0.25, -0.2) is 13.2 Å². The number of hydrogen-bond acceptors (Lipinski definition) is 1. The summed E-state index contributed by atoms with van der Waals surface area (Å²) in [5.74, 6) is 3.82. The minimum absolute atomic E-state index is 0.0915. The maximum Gasteiger partial charge on any atom is 0.387 e. The summed E-state index contributed by atoms with van der Waals surface area (Å²) < 4.78 is 72.0. The molecule has 0 bridgehead atoms. The van der Waals surface area contributed by atoms with Crippen molar-refractivity contribution in [2.45, 2.75) is 58.0 Å². The second kappa shape index (κ2) is 10.6. The molecular formula is C28H27F5O. The first kappa shape index (κ1) is 24.3. The van der Waals surface area contributed by atoms with E-state index < -0.39 is 35.4 Å². The van der Waals surface area contributed by atoms with Gasteiger partial charge in [0.1, 0.15) is 11.6 Å². The lowest BCUT2D eigenvalue weighted by Crippen LogP contribution is -2.30. The molecule has 34 heavy (non-hydrogen) atoms. The van der Waals surface area contributed by atoms with E-state index in [0.29, 0.717) is 23.3 Å². The van der Waals surface area contributed by atoms with Gasteiger partial charge in [-0.2, -0.15) is 8.78 Å². The smallest absolute Gasteiger partial charge is 0.387 e. The minimum atomic E-state index is -3.16. The lowest BCUT2D eigenvalue weighted by Gasteiger charge is -2.41. The number of alkyl halides is 2. The zero-order chi connectivity index (χ0) is 24.2. The first-order chi connectivity index (χ1) is 16.3. The molecule has 1 nitrogen and oxygen atoms in total. The molecular weight excluding hydrogens is 447 g/mol. The van der Waals surface area contributed by atoms with Crippen LogP contribution in [0.4, 0.5) is 22.0 Å². The van der Waals surface area contributed by atoms with Crippen LogP contribution in [0, 0.1) is 47.0 Å². The molecule has 0 N–H and O–H groups in total. The fourth-order valence-electron chi connectivity index (χ4n) is 5.53. The maximum absolute atomic E-state index is 14.8. The summed E-state index contributed by atoms with van der Waals surface area (Å²) in [7, 11) is 0. The van der Waals surface area contributed by atoms with E-state index in [1.165, 1.54) is 31.0 Å². The van der Waals surface area contributed by atoms with Crippen LogP contribution >= 0.6 is 0 Å². The third kappa shape index (κ3) is 5.63. The zero-order valence-corrected chi connectivity index (χ0v) is 19.0. The van der Waals surface area contributed by atoms with Gasteiger partial charge in [0.05, 0.1) is 5.56 Å². The first-order valence-corrected chi connectivity index (χ1v) is 11.7. The van der Waals surface area contributed by atoms with Crippen LogP contribution in [0.5, 0.6) is 5.75 Å². The number of allylic oxidation sites excluding steroid dienone is 2. The van der Waals surface area contributed by atoms with E-state index in [2.05, 4.69) is 35.7 Å². The number of benzene rings is 2. The highest BCUT2D eigenvalue weighted by Gasteiger charge is 2.35. The lowest BCUT2D eigenvalue weighted by molar-refractivity contribution is -0.0521. The average Bonchev–Trinajstić information content (AvgIpc) is 2.79. The van der Waals surface area contributed by atoms with Crippen molar-refractivity contribution in [2.24, 2.45) is 17.8 Å². The fraction of sp³-hybridized carbons (Fsp3) is 0.429. The van der Waals surface area contributed by atoms with E-state index >= 15 is 0 Å². The number of ether oxygens (including phenoxy) is 1. The van der Waals surface area contributed by atoms with Crippen LogP contribution < -0.4 is 4.74 Å². The van der Waals surface area contributed by atoms with Gasteiger partial charge in [-0.3, -0.25) is 0 Å². The predicted molar refractivity (Wildman–Crippen MR) is 121 cm³/mol. The van der Waals surface area contributed by atoms with Gasteiger partial charge in [-0.15, -0.1) is 0 Å². The van der Waals surface area contributed by atoms with Crippen LogP contribution in [0.2, 0.25) is 0 Å². The van der Waals surface area contributed by atoms with Crippen molar-refractivity contribution in [3.8, 4) is 17.6 Å². The Morgan fingerprint density at radius 2 is 1.59 bits per heavy atom. The molecule has 2 saturated carbocycles. The molecule has 6 heteroatoms. The maximum atomic E-state index is 14.8. The van der Waals surface area contributed by atoms with Crippen molar-refractivity contribution in [1.29, 1.82) is 0 Å². The van der Waals surface area contributed by atoms with Crippen molar-refractivity contribution < 1.29 is 26.7 Å². The number of rotatable bonds is 4. The Morgan fingerprint density at radius 3 is 2.26 bits per heavy atom. The highest BCUT2D eigenvalue weighted by Crippen LogP contribution is 2.48. The van der Waals surface area contributed by atoms with Crippen molar-refractivity contribution in [1.82, 2.24) is 0 Å². The molecule has 0 radical (unpaired) electrons. The van der Waals surface area contributed by atoms with Gasteiger partial charge in [0.25, 0.3) is 0 Å². The molecule has 2 aromatic rings. The SMILES string of the molecule is C/C=C/C1CCC2CC(c3cc(F)c(C#Cc4ccc(OC(F)F)c(F)c4)c(F)c3)CCC2C1. The summed E-state index contributed by atoms with van der Waals surface area (Å²) in [6.07, 6.45) is 10.9. The largest absolute Gasteiger partial charge is 0.432 e. The highest BCUT2D eigenvalue weighted by molar-refractivity contribution is 5.47. The van der Waals surface area contributed by atoms with Crippen LogP contribution in [0.3, 0.4) is 0 Å². The molecule has 4 atom stereocenters. The van der Waals surface area contributed by atoms with Crippen molar-refractivity contribution in [3.63, 3.8) is 0 Å².